The van der Waals surface area contributed by atoms with Crippen LogP contribution >= 0.6 is 0 Å². The van der Waals surface area contributed by atoms with Crippen molar-refractivity contribution in [2.45, 2.75) is 32.0 Å². The predicted molar refractivity (Wildman–Crippen MR) is 85.6 cm³/mol. The van der Waals surface area contributed by atoms with Gasteiger partial charge in [0.05, 0.1) is 12.7 Å². The highest BCUT2D eigenvalue weighted by atomic mass is 16.5. The van der Waals surface area contributed by atoms with Crippen molar-refractivity contribution in [3.63, 3.8) is 0 Å². The fourth-order valence-electron chi connectivity index (χ4n) is 2.73. The molecule has 1 amide bonds. The lowest BCUT2D eigenvalue weighted by Crippen LogP contribution is -2.43. The first-order chi connectivity index (χ1) is 12.3. The summed E-state index contributed by atoms with van der Waals surface area (Å²) in [5.74, 6) is 0.964. The number of carbonyl (C=O) groups excluding carboxylic acids is 1. The Kier molecular flexibility index (Phi) is 6.02. The van der Waals surface area contributed by atoms with Gasteiger partial charge < -0.3 is 18.9 Å². The summed E-state index contributed by atoms with van der Waals surface area (Å²) in [7, 11) is 1.57. The first kappa shape index (κ1) is 17.4. The molecule has 1 aliphatic heterocycles. The van der Waals surface area contributed by atoms with Gasteiger partial charge in [-0.25, -0.2) is 9.97 Å². The minimum atomic E-state index is -0.0851. The maximum atomic E-state index is 12.4. The molecule has 1 saturated heterocycles. The zero-order chi connectivity index (χ0) is 17.5. The van der Waals surface area contributed by atoms with E-state index in [0.717, 1.165) is 12.8 Å². The van der Waals surface area contributed by atoms with E-state index in [1.807, 2.05) is 0 Å². The van der Waals surface area contributed by atoms with E-state index in [1.165, 1.54) is 6.33 Å². The second-order valence-electron chi connectivity index (χ2n) is 5.77. The van der Waals surface area contributed by atoms with Crippen molar-refractivity contribution in [2.75, 3.05) is 26.8 Å². The van der Waals surface area contributed by atoms with Gasteiger partial charge in [-0.2, -0.15) is 4.98 Å². The molecule has 1 aliphatic rings. The molecule has 9 heteroatoms. The first-order valence-corrected chi connectivity index (χ1v) is 8.23. The summed E-state index contributed by atoms with van der Waals surface area (Å²) in [6.45, 7) is 2.06. The van der Waals surface area contributed by atoms with Gasteiger partial charge in [-0.05, 0) is 18.9 Å². The van der Waals surface area contributed by atoms with Crippen LogP contribution < -0.4 is 0 Å². The van der Waals surface area contributed by atoms with Gasteiger partial charge in [-0.3, -0.25) is 4.79 Å². The third kappa shape index (κ3) is 4.80. The molecule has 3 rings (SSSR count). The van der Waals surface area contributed by atoms with Gasteiger partial charge in [-0.1, -0.05) is 5.16 Å². The van der Waals surface area contributed by atoms with Crippen LogP contribution in [0.3, 0.4) is 0 Å². The Bertz CT molecular complexity index is 678. The van der Waals surface area contributed by atoms with Crippen molar-refractivity contribution in [1.82, 2.24) is 25.0 Å². The fourth-order valence-corrected chi connectivity index (χ4v) is 2.73. The van der Waals surface area contributed by atoms with Crippen molar-refractivity contribution in [1.29, 1.82) is 0 Å². The quantitative estimate of drug-likeness (QED) is 0.727. The second kappa shape index (κ2) is 8.63. The molecule has 0 aliphatic carbocycles. The van der Waals surface area contributed by atoms with E-state index >= 15 is 0 Å². The van der Waals surface area contributed by atoms with Gasteiger partial charge in [0.2, 0.25) is 0 Å². The van der Waals surface area contributed by atoms with Crippen LogP contribution in [0.25, 0.3) is 0 Å². The van der Waals surface area contributed by atoms with Gasteiger partial charge >= 0.3 is 0 Å². The first-order valence-electron chi connectivity index (χ1n) is 8.23. The van der Waals surface area contributed by atoms with Crippen LogP contribution in [0.5, 0.6) is 0 Å². The Morgan fingerprint density at radius 2 is 2.40 bits per heavy atom. The molecular weight excluding hydrogens is 326 g/mol. The molecule has 2 aromatic heterocycles. The van der Waals surface area contributed by atoms with Gasteiger partial charge in [-0.15, -0.1) is 0 Å². The zero-order valence-corrected chi connectivity index (χ0v) is 14.1. The number of carbonyl (C=O) groups is 1. The zero-order valence-electron chi connectivity index (χ0n) is 14.1. The van der Waals surface area contributed by atoms with Crippen LogP contribution in [-0.2, 0) is 22.5 Å². The molecule has 0 saturated carbocycles. The summed E-state index contributed by atoms with van der Waals surface area (Å²) in [5.41, 5.74) is 0.410. The normalized spacial score (nSPS) is 17.6. The van der Waals surface area contributed by atoms with E-state index in [0.29, 0.717) is 50.1 Å². The summed E-state index contributed by atoms with van der Waals surface area (Å²) in [4.78, 5) is 26.3. The summed E-state index contributed by atoms with van der Waals surface area (Å²) in [6.07, 6.45) is 5.35. The number of methoxy groups -OCH3 is 1. The highest BCUT2D eigenvalue weighted by Crippen LogP contribution is 2.15. The Labute approximate surface area is 145 Å². The topological polar surface area (TPSA) is 103 Å². The van der Waals surface area contributed by atoms with Crippen molar-refractivity contribution >= 4 is 5.91 Å². The summed E-state index contributed by atoms with van der Waals surface area (Å²) in [5, 5.41) is 3.88. The lowest BCUT2D eigenvalue weighted by atomic mass is 10.1. The summed E-state index contributed by atoms with van der Waals surface area (Å²) in [6, 6.07) is 1.63. The lowest BCUT2D eigenvalue weighted by Gasteiger charge is -2.32. The average molecular weight is 347 g/mol. The van der Waals surface area contributed by atoms with Crippen LogP contribution in [0.1, 0.15) is 35.0 Å². The standard InChI is InChI=1S/C16H21N5O4/c1-23-10-15-19-14(20-25-15)5-8-24-12-3-2-7-21(9-12)16(22)13-4-6-17-11-18-13/h4,6,11-12H,2-3,5,7-10H2,1H3. The summed E-state index contributed by atoms with van der Waals surface area (Å²) < 4.78 is 15.9. The Balaban J connectivity index is 1.46. The van der Waals surface area contributed by atoms with E-state index in [1.54, 1.807) is 24.3 Å². The minimum Gasteiger partial charge on any atom is -0.376 e. The maximum absolute atomic E-state index is 12.4. The molecule has 0 radical (unpaired) electrons. The van der Waals surface area contributed by atoms with Crippen molar-refractivity contribution in [2.24, 2.45) is 0 Å². The van der Waals surface area contributed by atoms with E-state index in [2.05, 4.69) is 20.1 Å². The molecule has 0 N–H and O–H groups in total. The molecule has 2 aromatic rings. The van der Waals surface area contributed by atoms with Crippen LogP contribution in [0.2, 0.25) is 0 Å². The van der Waals surface area contributed by atoms with Crippen LogP contribution in [0, 0.1) is 0 Å². The average Bonchev–Trinajstić information content (AvgIpc) is 3.10. The maximum Gasteiger partial charge on any atom is 0.272 e. The Morgan fingerprint density at radius 3 is 3.20 bits per heavy atom. The monoisotopic (exact) mass is 347 g/mol. The number of aromatic nitrogens is 4. The molecule has 1 unspecified atom stereocenters. The predicted octanol–water partition coefficient (Wildman–Crippen LogP) is 0.870. The van der Waals surface area contributed by atoms with Crippen LogP contribution in [-0.4, -0.2) is 63.8 Å². The third-order valence-electron chi connectivity index (χ3n) is 3.92. The van der Waals surface area contributed by atoms with E-state index in [-0.39, 0.29) is 12.0 Å². The number of likely N-dealkylation sites (tertiary alicyclic amines) is 1. The largest absolute Gasteiger partial charge is 0.376 e. The highest BCUT2D eigenvalue weighted by molar-refractivity contribution is 5.92. The number of piperidine rings is 1. The molecule has 0 bridgehead atoms. The third-order valence-corrected chi connectivity index (χ3v) is 3.92. The molecule has 25 heavy (non-hydrogen) atoms. The van der Waals surface area contributed by atoms with Gasteiger partial charge in [0.25, 0.3) is 11.8 Å². The molecular formula is C16H21N5O4. The lowest BCUT2D eigenvalue weighted by molar-refractivity contribution is 0.00231. The van der Waals surface area contributed by atoms with Crippen molar-refractivity contribution in [3.05, 3.63) is 36.0 Å². The molecule has 9 nitrogen and oxygen atoms in total. The molecule has 3 heterocycles. The number of ether oxygens (including phenoxy) is 2. The summed E-state index contributed by atoms with van der Waals surface area (Å²) >= 11 is 0. The Morgan fingerprint density at radius 1 is 1.48 bits per heavy atom. The molecule has 1 atom stereocenters. The minimum absolute atomic E-state index is 0.00452. The van der Waals surface area contributed by atoms with E-state index < -0.39 is 0 Å². The van der Waals surface area contributed by atoms with Crippen molar-refractivity contribution in [3.8, 4) is 0 Å². The van der Waals surface area contributed by atoms with Crippen molar-refractivity contribution < 1.29 is 18.8 Å². The van der Waals surface area contributed by atoms with Crippen LogP contribution in [0.4, 0.5) is 0 Å². The number of hydrogen-bond donors (Lipinski definition) is 0. The number of nitrogens with zero attached hydrogens (tertiary/aromatic N) is 5. The molecule has 134 valence electrons. The highest BCUT2D eigenvalue weighted by Gasteiger charge is 2.25. The van der Waals surface area contributed by atoms with Gasteiger partial charge in [0, 0.05) is 32.8 Å². The Hall–Kier alpha value is -2.39. The molecule has 1 fully saturated rings. The smallest absolute Gasteiger partial charge is 0.272 e. The number of rotatable bonds is 7. The molecule has 0 spiro atoms. The van der Waals surface area contributed by atoms with E-state index in [9.17, 15) is 4.79 Å². The van der Waals surface area contributed by atoms with E-state index in [4.69, 9.17) is 14.0 Å². The van der Waals surface area contributed by atoms with Gasteiger partial charge in [0.15, 0.2) is 5.82 Å². The molecule has 0 aromatic carbocycles. The SMILES string of the molecule is COCc1nc(CCOC2CCCN(C(=O)c3ccncn3)C2)no1. The fraction of sp³-hybridized carbons (Fsp3) is 0.562. The van der Waals surface area contributed by atoms with Gasteiger partial charge in [0.1, 0.15) is 18.6 Å². The number of amides is 1. The number of hydrogen-bond acceptors (Lipinski definition) is 8. The van der Waals surface area contributed by atoms with Crippen LogP contribution in [0.15, 0.2) is 23.1 Å². The second-order valence-corrected chi connectivity index (χ2v) is 5.77.